The highest BCUT2D eigenvalue weighted by Gasteiger charge is 2.23. The third-order valence-corrected chi connectivity index (χ3v) is 4.33. The topological polar surface area (TPSA) is 33.1 Å². The zero-order valence-corrected chi connectivity index (χ0v) is 9.60. The molecule has 2 nitrogen and oxygen atoms in total. The minimum absolute atomic E-state index is 0.0617. The molecular weight excluding hydrogens is 194 g/mol. The smallest absolute Gasteiger partial charge is 0.0961 e. The van der Waals surface area contributed by atoms with Gasteiger partial charge in [-0.1, -0.05) is 0 Å². The molecule has 14 heavy (non-hydrogen) atoms. The Hall–Kier alpha value is -0.410. The second-order valence-electron chi connectivity index (χ2n) is 4.20. The lowest BCUT2D eigenvalue weighted by Crippen LogP contribution is -2.16. The number of hydrogen-bond acceptors (Lipinski definition) is 3. The van der Waals surface area contributed by atoms with Gasteiger partial charge in [0.25, 0.3) is 0 Å². The average Bonchev–Trinajstić information content (AvgIpc) is 2.48. The fourth-order valence-electron chi connectivity index (χ4n) is 1.99. The fraction of sp³-hybridized carbons (Fsp3) is 0.727. The van der Waals surface area contributed by atoms with Gasteiger partial charge in [-0.3, -0.25) is 0 Å². The molecule has 0 saturated heterocycles. The van der Waals surface area contributed by atoms with E-state index < -0.39 is 0 Å². The standard InChI is InChI=1S/C11H17NOS/c1-7-8(2)14-11(12-7)9-3-5-10(13)6-4-9/h9-10,13H,3-6H2,1-2H3. The molecule has 0 aromatic carbocycles. The highest BCUT2D eigenvalue weighted by atomic mass is 32.1. The van der Waals surface area contributed by atoms with E-state index in [2.05, 4.69) is 18.8 Å². The normalized spacial score (nSPS) is 27.9. The molecule has 0 amide bonds. The number of aromatic nitrogens is 1. The van der Waals surface area contributed by atoms with Crippen LogP contribution in [0, 0.1) is 13.8 Å². The molecule has 0 spiro atoms. The van der Waals surface area contributed by atoms with Crippen LogP contribution in [0.1, 0.15) is 47.2 Å². The van der Waals surface area contributed by atoms with E-state index in [0.29, 0.717) is 5.92 Å². The van der Waals surface area contributed by atoms with Crippen LogP contribution in [0.4, 0.5) is 0 Å². The van der Waals surface area contributed by atoms with E-state index in [4.69, 9.17) is 0 Å². The number of rotatable bonds is 1. The second-order valence-corrected chi connectivity index (χ2v) is 5.43. The van der Waals surface area contributed by atoms with Crippen molar-refractivity contribution >= 4 is 11.3 Å². The van der Waals surface area contributed by atoms with Crippen molar-refractivity contribution in [3.05, 3.63) is 15.6 Å². The van der Waals surface area contributed by atoms with Gasteiger partial charge in [0.05, 0.1) is 16.8 Å². The first-order chi connectivity index (χ1) is 6.66. The molecule has 0 radical (unpaired) electrons. The summed E-state index contributed by atoms with van der Waals surface area (Å²) in [5, 5.41) is 10.7. The summed E-state index contributed by atoms with van der Waals surface area (Å²) < 4.78 is 0. The molecule has 0 aliphatic heterocycles. The minimum atomic E-state index is -0.0617. The Balaban J connectivity index is 2.08. The monoisotopic (exact) mass is 211 g/mol. The molecule has 78 valence electrons. The second kappa shape index (κ2) is 3.99. The first-order valence-corrected chi connectivity index (χ1v) is 6.10. The van der Waals surface area contributed by atoms with Crippen molar-refractivity contribution in [2.45, 2.75) is 51.6 Å². The largest absolute Gasteiger partial charge is 0.393 e. The number of thiazole rings is 1. The third-order valence-electron chi connectivity index (χ3n) is 3.09. The summed E-state index contributed by atoms with van der Waals surface area (Å²) in [5.41, 5.74) is 1.18. The fourth-order valence-corrected chi connectivity index (χ4v) is 3.09. The quantitative estimate of drug-likeness (QED) is 0.775. The van der Waals surface area contributed by atoms with E-state index in [1.807, 2.05) is 11.3 Å². The predicted molar refractivity (Wildman–Crippen MR) is 58.8 cm³/mol. The first kappa shape index (κ1) is 10.1. The van der Waals surface area contributed by atoms with Crippen LogP contribution in [-0.2, 0) is 0 Å². The van der Waals surface area contributed by atoms with Crippen LogP contribution in [0.15, 0.2) is 0 Å². The molecule has 3 heteroatoms. The van der Waals surface area contributed by atoms with Gasteiger partial charge in [-0.25, -0.2) is 4.98 Å². The van der Waals surface area contributed by atoms with Crippen LogP contribution in [0.5, 0.6) is 0 Å². The maximum Gasteiger partial charge on any atom is 0.0961 e. The average molecular weight is 211 g/mol. The molecule has 1 aliphatic rings. The van der Waals surface area contributed by atoms with Crippen LogP contribution in [0.25, 0.3) is 0 Å². The van der Waals surface area contributed by atoms with Crippen molar-refractivity contribution in [3.8, 4) is 0 Å². The van der Waals surface area contributed by atoms with Crippen molar-refractivity contribution in [1.29, 1.82) is 0 Å². The maximum atomic E-state index is 9.42. The molecule has 1 saturated carbocycles. The Morgan fingerprint density at radius 2 is 1.86 bits per heavy atom. The predicted octanol–water partition coefficient (Wildman–Crippen LogP) is 2.78. The summed E-state index contributed by atoms with van der Waals surface area (Å²) in [6.07, 6.45) is 4.04. The Labute approximate surface area is 89.0 Å². The summed E-state index contributed by atoms with van der Waals surface area (Å²) in [6.45, 7) is 4.21. The Bertz CT molecular complexity index is 294. The molecular formula is C11H17NOS. The highest BCUT2D eigenvalue weighted by molar-refractivity contribution is 7.11. The summed E-state index contributed by atoms with van der Waals surface area (Å²) in [7, 11) is 0. The zero-order chi connectivity index (χ0) is 10.1. The van der Waals surface area contributed by atoms with Gasteiger partial charge in [0.15, 0.2) is 0 Å². The Morgan fingerprint density at radius 3 is 2.36 bits per heavy atom. The van der Waals surface area contributed by atoms with Crippen molar-refractivity contribution in [2.24, 2.45) is 0 Å². The molecule has 1 aromatic heterocycles. The van der Waals surface area contributed by atoms with Gasteiger partial charge in [-0.05, 0) is 39.5 Å². The number of hydrogen-bond donors (Lipinski definition) is 1. The van der Waals surface area contributed by atoms with Crippen molar-refractivity contribution in [1.82, 2.24) is 4.98 Å². The number of aryl methyl sites for hydroxylation is 2. The highest BCUT2D eigenvalue weighted by Crippen LogP contribution is 2.35. The molecule has 1 aliphatic carbocycles. The molecule has 1 aromatic rings. The van der Waals surface area contributed by atoms with E-state index in [9.17, 15) is 5.11 Å². The molecule has 1 heterocycles. The van der Waals surface area contributed by atoms with Gasteiger partial charge < -0.3 is 5.11 Å². The first-order valence-electron chi connectivity index (χ1n) is 5.29. The van der Waals surface area contributed by atoms with E-state index in [-0.39, 0.29) is 6.10 Å². The van der Waals surface area contributed by atoms with Crippen molar-refractivity contribution < 1.29 is 5.11 Å². The summed E-state index contributed by atoms with van der Waals surface area (Å²) in [5.74, 6) is 0.607. The van der Waals surface area contributed by atoms with E-state index in [1.54, 1.807) is 0 Å². The van der Waals surface area contributed by atoms with Crippen LogP contribution < -0.4 is 0 Å². The third kappa shape index (κ3) is 1.98. The lowest BCUT2D eigenvalue weighted by atomic mass is 9.88. The molecule has 1 N–H and O–H groups in total. The summed E-state index contributed by atoms with van der Waals surface area (Å²) in [6, 6.07) is 0. The zero-order valence-electron chi connectivity index (χ0n) is 8.79. The lowest BCUT2D eigenvalue weighted by molar-refractivity contribution is 0.122. The Kier molecular flexibility index (Phi) is 2.88. The van der Waals surface area contributed by atoms with E-state index in [1.165, 1.54) is 15.6 Å². The molecule has 1 fully saturated rings. The molecule has 0 bridgehead atoms. The molecule has 2 rings (SSSR count). The summed E-state index contributed by atoms with van der Waals surface area (Å²) in [4.78, 5) is 5.93. The van der Waals surface area contributed by atoms with Crippen LogP contribution >= 0.6 is 11.3 Å². The van der Waals surface area contributed by atoms with Crippen LogP contribution in [0.3, 0.4) is 0 Å². The number of nitrogens with zero attached hydrogens (tertiary/aromatic N) is 1. The lowest BCUT2D eigenvalue weighted by Gasteiger charge is -2.23. The van der Waals surface area contributed by atoms with Crippen LogP contribution in [0.2, 0.25) is 0 Å². The summed E-state index contributed by atoms with van der Waals surface area (Å²) >= 11 is 1.83. The van der Waals surface area contributed by atoms with Gasteiger partial charge in [-0.2, -0.15) is 0 Å². The van der Waals surface area contributed by atoms with Gasteiger partial charge in [0.2, 0.25) is 0 Å². The number of aliphatic hydroxyl groups is 1. The maximum absolute atomic E-state index is 9.42. The van der Waals surface area contributed by atoms with E-state index >= 15 is 0 Å². The minimum Gasteiger partial charge on any atom is -0.393 e. The van der Waals surface area contributed by atoms with Gasteiger partial charge in [0.1, 0.15) is 0 Å². The van der Waals surface area contributed by atoms with Gasteiger partial charge in [-0.15, -0.1) is 11.3 Å². The van der Waals surface area contributed by atoms with Gasteiger partial charge in [0, 0.05) is 10.8 Å². The van der Waals surface area contributed by atoms with Crippen molar-refractivity contribution in [2.75, 3.05) is 0 Å². The SMILES string of the molecule is Cc1nc(C2CCC(O)CC2)sc1C. The van der Waals surface area contributed by atoms with Gasteiger partial charge >= 0.3 is 0 Å². The van der Waals surface area contributed by atoms with E-state index in [0.717, 1.165) is 25.7 Å². The van der Waals surface area contributed by atoms with Crippen molar-refractivity contribution in [3.63, 3.8) is 0 Å². The Morgan fingerprint density at radius 1 is 1.21 bits per heavy atom. The number of aliphatic hydroxyl groups excluding tert-OH is 1. The molecule has 0 atom stereocenters. The van der Waals surface area contributed by atoms with Crippen LogP contribution in [-0.4, -0.2) is 16.2 Å². The molecule has 0 unspecified atom stereocenters.